The number of aromatic nitrogens is 2. The van der Waals surface area contributed by atoms with Gasteiger partial charge in [-0.1, -0.05) is 0 Å². The van der Waals surface area contributed by atoms with Crippen LogP contribution in [-0.2, 0) is 11.2 Å². The van der Waals surface area contributed by atoms with E-state index in [9.17, 15) is 14.7 Å². The Kier molecular flexibility index (Phi) is 5.15. The Labute approximate surface area is 123 Å². The van der Waals surface area contributed by atoms with Gasteiger partial charge in [-0.05, 0) is 20.0 Å². The van der Waals surface area contributed by atoms with Crippen LogP contribution in [0.5, 0.6) is 0 Å². The van der Waals surface area contributed by atoms with Crippen LogP contribution in [-0.4, -0.2) is 76.1 Å². The molecule has 1 fully saturated rings. The Morgan fingerprint density at radius 3 is 2.90 bits per heavy atom. The van der Waals surface area contributed by atoms with E-state index in [1.807, 2.05) is 7.05 Å². The van der Waals surface area contributed by atoms with Crippen molar-refractivity contribution in [2.75, 3.05) is 33.2 Å². The number of urea groups is 1. The first kappa shape index (κ1) is 15.3. The van der Waals surface area contributed by atoms with E-state index in [0.29, 0.717) is 18.8 Å². The van der Waals surface area contributed by atoms with Gasteiger partial charge in [-0.2, -0.15) is 0 Å². The van der Waals surface area contributed by atoms with Crippen molar-refractivity contribution in [2.45, 2.75) is 18.9 Å². The van der Waals surface area contributed by atoms with Gasteiger partial charge in [-0.25, -0.2) is 14.6 Å². The van der Waals surface area contributed by atoms with Crippen molar-refractivity contribution in [1.82, 2.24) is 25.1 Å². The van der Waals surface area contributed by atoms with E-state index in [4.69, 9.17) is 0 Å². The highest BCUT2D eigenvalue weighted by Crippen LogP contribution is 2.04. The summed E-state index contributed by atoms with van der Waals surface area (Å²) >= 11 is 0. The normalized spacial score (nSPS) is 18.0. The van der Waals surface area contributed by atoms with E-state index in [1.165, 1.54) is 6.33 Å². The van der Waals surface area contributed by atoms with Crippen LogP contribution < -0.4 is 5.32 Å². The molecule has 2 amide bonds. The fraction of sp³-hybridized carbons (Fsp3) is 0.615. The zero-order valence-electron chi connectivity index (χ0n) is 12.1. The van der Waals surface area contributed by atoms with Gasteiger partial charge in [-0.3, -0.25) is 0 Å². The third-order valence-corrected chi connectivity index (χ3v) is 3.58. The molecule has 1 aliphatic heterocycles. The van der Waals surface area contributed by atoms with Crippen molar-refractivity contribution >= 4 is 12.0 Å². The molecule has 3 N–H and O–H groups in total. The lowest BCUT2D eigenvalue weighted by molar-refractivity contribution is -0.139. The number of carboxylic acids is 1. The Hall–Kier alpha value is -2.09. The van der Waals surface area contributed by atoms with Gasteiger partial charge in [0.2, 0.25) is 0 Å². The van der Waals surface area contributed by atoms with E-state index in [-0.39, 0.29) is 12.5 Å². The highest BCUT2D eigenvalue weighted by Gasteiger charge is 2.24. The number of imidazole rings is 1. The lowest BCUT2D eigenvalue weighted by Crippen LogP contribution is -2.49. The summed E-state index contributed by atoms with van der Waals surface area (Å²) in [6, 6.07) is -1.28. The summed E-state index contributed by atoms with van der Waals surface area (Å²) in [7, 11) is 2.01. The van der Waals surface area contributed by atoms with E-state index >= 15 is 0 Å². The van der Waals surface area contributed by atoms with Crippen LogP contribution in [0, 0.1) is 0 Å². The lowest BCUT2D eigenvalue weighted by Gasteiger charge is -2.23. The number of nitrogens with zero attached hydrogens (tertiary/aromatic N) is 3. The number of hydrogen-bond acceptors (Lipinski definition) is 4. The quantitative estimate of drug-likeness (QED) is 0.711. The maximum atomic E-state index is 12.2. The van der Waals surface area contributed by atoms with E-state index in [2.05, 4.69) is 20.2 Å². The average molecular weight is 295 g/mol. The molecule has 0 radical (unpaired) electrons. The molecule has 0 spiro atoms. The van der Waals surface area contributed by atoms with Crippen LogP contribution in [0.25, 0.3) is 0 Å². The van der Waals surface area contributed by atoms with Gasteiger partial charge in [0.15, 0.2) is 0 Å². The van der Waals surface area contributed by atoms with Crippen LogP contribution in [0.1, 0.15) is 12.1 Å². The molecule has 21 heavy (non-hydrogen) atoms. The number of carboxylic acid groups (broad SMARTS) is 1. The number of carbonyl (C=O) groups excluding carboxylic acids is 1. The fourth-order valence-electron chi connectivity index (χ4n) is 2.31. The van der Waals surface area contributed by atoms with Crippen LogP contribution in [0.15, 0.2) is 12.5 Å². The SMILES string of the molecule is CN1CCCN(C(=O)N[C@@H](Cc2cnc[nH]2)C(=O)O)CC1. The molecule has 1 aromatic heterocycles. The summed E-state index contributed by atoms with van der Waals surface area (Å²) in [4.78, 5) is 34.0. The second-order valence-corrected chi connectivity index (χ2v) is 5.27. The van der Waals surface area contributed by atoms with E-state index < -0.39 is 12.0 Å². The zero-order chi connectivity index (χ0) is 15.2. The van der Waals surface area contributed by atoms with Gasteiger partial charge >= 0.3 is 12.0 Å². The number of aliphatic carboxylic acids is 1. The fourth-order valence-corrected chi connectivity index (χ4v) is 2.31. The Morgan fingerprint density at radius 2 is 2.24 bits per heavy atom. The summed E-state index contributed by atoms with van der Waals surface area (Å²) in [5.74, 6) is -1.05. The minimum Gasteiger partial charge on any atom is -0.480 e. The number of carbonyl (C=O) groups is 2. The maximum Gasteiger partial charge on any atom is 0.326 e. The molecule has 1 atom stereocenters. The molecule has 116 valence electrons. The number of hydrogen-bond donors (Lipinski definition) is 3. The van der Waals surface area contributed by atoms with Crippen LogP contribution in [0.3, 0.4) is 0 Å². The lowest BCUT2D eigenvalue weighted by atomic mass is 10.1. The largest absolute Gasteiger partial charge is 0.480 e. The van der Waals surface area contributed by atoms with Crippen molar-refractivity contribution in [3.8, 4) is 0 Å². The van der Waals surface area contributed by atoms with E-state index in [0.717, 1.165) is 19.5 Å². The molecule has 8 nitrogen and oxygen atoms in total. The predicted octanol–water partition coefficient (Wildman–Crippen LogP) is -0.247. The molecular weight excluding hydrogens is 274 g/mol. The van der Waals surface area contributed by atoms with Crippen LogP contribution in [0.4, 0.5) is 4.79 Å². The number of likely N-dealkylation sites (N-methyl/N-ethyl adjacent to an activating group) is 1. The molecule has 0 unspecified atom stereocenters. The second kappa shape index (κ2) is 7.07. The number of aromatic amines is 1. The number of rotatable bonds is 4. The van der Waals surface area contributed by atoms with Crippen molar-refractivity contribution in [2.24, 2.45) is 0 Å². The monoisotopic (exact) mass is 295 g/mol. The average Bonchev–Trinajstić information content (AvgIpc) is 2.85. The molecule has 2 heterocycles. The molecule has 1 aliphatic rings. The van der Waals surface area contributed by atoms with Gasteiger partial charge in [0.25, 0.3) is 0 Å². The number of nitrogens with one attached hydrogen (secondary N) is 2. The summed E-state index contributed by atoms with van der Waals surface area (Å²) in [6.45, 7) is 3.00. The van der Waals surface area contributed by atoms with Gasteiger partial charge in [0.1, 0.15) is 6.04 Å². The Bertz CT molecular complexity index is 476. The minimum atomic E-state index is -1.05. The van der Waals surface area contributed by atoms with Crippen molar-refractivity contribution in [3.63, 3.8) is 0 Å². The molecule has 1 saturated heterocycles. The summed E-state index contributed by atoms with van der Waals surface area (Å²) in [5.41, 5.74) is 0.679. The molecule has 2 rings (SSSR count). The van der Waals surface area contributed by atoms with Gasteiger partial charge in [0, 0.05) is 37.9 Å². The standard InChI is InChI=1S/C13H21N5O3/c1-17-3-2-4-18(6-5-17)13(21)16-11(12(19)20)7-10-8-14-9-15-10/h8-9,11H,2-7H2,1H3,(H,14,15)(H,16,21)(H,19,20)/t11-/m0/s1. The van der Waals surface area contributed by atoms with Crippen molar-refractivity contribution < 1.29 is 14.7 Å². The molecule has 8 heteroatoms. The van der Waals surface area contributed by atoms with Crippen LogP contribution in [0.2, 0.25) is 0 Å². The predicted molar refractivity (Wildman–Crippen MR) is 75.9 cm³/mol. The summed E-state index contributed by atoms with van der Waals surface area (Å²) in [6.07, 6.45) is 4.13. The first-order chi connectivity index (χ1) is 10.1. The van der Waals surface area contributed by atoms with Gasteiger partial charge < -0.3 is 25.2 Å². The first-order valence-corrected chi connectivity index (χ1v) is 7.00. The van der Waals surface area contributed by atoms with Crippen molar-refractivity contribution in [1.29, 1.82) is 0 Å². The van der Waals surface area contributed by atoms with Crippen LogP contribution >= 0.6 is 0 Å². The first-order valence-electron chi connectivity index (χ1n) is 7.00. The van der Waals surface area contributed by atoms with Crippen molar-refractivity contribution in [3.05, 3.63) is 18.2 Å². The van der Waals surface area contributed by atoms with E-state index in [1.54, 1.807) is 11.1 Å². The van der Waals surface area contributed by atoms with Gasteiger partial charge in [0.05, 0.1) is 6.33 Å². The number of amides is 2. The molecule has 0 bridgehead atoms. The van der Waals surface area contributed by atoms with Gasteiger partial charge in [-0.15, -0.1) is 0 Å². The Morgan fingerprint density at radius 1 is 1.43 bits per heavy atom. The summed E-state index contributed by atoms with van der Waals surface area (Å²) < 4.78 is 0. The molecule has 0 aromatic carbocycles. The maximum absolute atomic E-state index is 12.2. The topological polar surface area (TPSA) is 102 Å². The molecule has 1 aromatic rings. The third-order valence-electron chi connectivity index (χ3n) is 3.58. The smallest absolute Gasteiger partial charge is 0.326 e. The number of H-pyrrole nitrogens is 1. The molecule has 0 aliphatic carbocycles. The molecular formula is C13H21N5O3. The minimum absolute atomic E-state index is 0.189. The Balaban J connectivity index is 1.93. The highest BCUT2D eigenvalue weighted by atomic mass is 16.4. The second-order valence-electron chi connectivity index (χ2n) is 5.27. The third kappa shape index (κ3) is 4.45. The summed E-state index contributed by atoms with van der Waals surface area (Å²) in [5, 5.41) is 11.8. The molecule has 0 saturated carbocycles. The zero-order valence-corrected chi connectivity index (χ0v) is 12.1. The highest BCUT2D eigenvalue weighted by molar-refractivity contribution is 5.82.